The van der Waals surface area contributed by atoms with Crippen LogP contribution in [-0.4, -0.2) is 18.5 Å². The highest BCUT2D eigenvalue weighted by molar-refractivity contribution is 4.92. The third kappa shape index (κ3) is 2.82. The lowest BCUT2D eigenvalue weighted by Crippen LogP contribution is -2.29. The lowest BCUT2D eigenvalue weighted by Gasteiger charge is -2.29. The van der Waals surface area contributed by atoms with Crippen molar-refractivity contribution in [3.05, 3.63) is 12.2 Å². The Hall–Kier alpha value is -0.340. The summed E-state index contributed by atoms with van der Waals surface area (Å²) in [4.78, 5) is 0. The first kappa shape index (κ1) is 10.2. The Morgan fingerprint density at radius 2 is 2.00 bits per heavy atom. The molecule has 0 amide bonds. The standard InChI is InChI=1S/C12H20O2/c1-10-6-5-9-12(13-10)14-11-7-3-2-4-8-11/h5,9-12H,2-4,6-8H2,1H3/t10-,12+/m1/s1. The van der Waals surface area contributed by atoms with Crippen molar-refractivity contribution in [1.29, 1.82) is 0 Å². The highest BCUT2D eigenvalue weighted by Crippen LogP contribution is 2.23. The number of ether oxygens (including phenoxy) is 2. The maximum absolute atomic E-state index is 5.89. The molecule has 1 aliphatic heterocycles. The van der Waals surface area contributed by atoms with E-state index >= 15 is 0 Å². The second-order valence-corrected chi connectivity index (χ2v) is 4.38. The fraction of sp³-hybridized carbons (Fsp3) is 0.833. The van der Waals surface area contributed by atoms with E-state index in [0.29, 0.717) is 12.2 Å². The van der Waals surface area contributed by atoms with E-state index in [1.807, 2.05) is 0 Å². The fourth-order valence-corrected chi connectivity index (χ4v) is 2.18. The van der Waals surface area contributed by atoms with E-state index < -0.39 is 0 Å². The molecule has 0 aromatic carbocycles. The van der Waals surface area contributed by atoms with Gasteiger partial charge in [0.05, 0.1) is 12.2 Å². The highest BCUT2D eigenvalue weighted by atomic mass is 16.7. The monoisotopic (exact) mass is 196 g/mol. The molecule has 1 fully saturated rings. The average molecular weight is 196 g/mol. The summed E-state index contributed by atoms with van der Waals surface area (Å²) < 4.78 is 11.6. The average Bonchev–Trinajstić information content (AvgIpc) is 2.19. The van der Waals surface area contributed by atoms with Crippen molar-refractivity contribution in [3.63, 3.8) is 0 Å². The second kappa shape index (κ2) is 4.94. The lowest BCUT2D eigenvalue weighted by molar-refractivity contribution is -0.174. The quantitative estimate of drug-likeness (QED) is 0.632. The summed E-state index contributed by atoms with van der Waals surface area (Å²) in [6, 6.07) is 0. The summed E-state index contributed by atoms with van der Waals surface area (Å²) in [7, 11) is 0. The molecule has 2 heteroatoms. The molecule has 2 nitrogen and oxygen atoms in total. The van der Waals surface area contributed by atoms with Crippen molar-refractivity contribution in [1.82, 2.24) is 0 Å². The highest BCUT2D eigenvalue weighted by Gasteiger charge is 2.21. The summed E-state index contributed by atoms with van der Waals surface area (Å²) in [6.07, 6.45) is 12.3. The Labute approximate surface area is 86.3 Å². The first-order valence-electron chi connectivity index (χ1n) is 5.82. The van der Waals surface area contributed by atoms with Crippen molar-refractivity contribution in [2.24, 2.45) is 0 Å². The van der Waals surface area contributed by atoms with Gasteiger partial charge in [0.1, 0.15) is 0 Å². The minimum absolute atomic E-state index is 0.0816. The summed E-state index contributed by atoms with van der Waals surface area (Å²) in [5.74, 6) is 0. The van der Waals surface area contributed by atoms with Crippen LogP contribution in [0, 0.1) is 0 Å². The molecule has 0 radical (unpaired) electrons. The van der Waals surface area contributed by atoms with Crippen molar-refractivity contribution >= 4 is 0 Å². The first-order chi connectivity index (χ1) is 6.84. The minimum Gasteiger partial charge on any atom is -0.346 e. The summed E-state index contributed by atoms with van der Waals surface area (Å²) in [5, 5.41) is 0. The van der Waals surface area contributed by atoms with Gasteiger partial charge in [0.15, 0.2) is 6.29 Å². The van der Waals surface area contributed by atoms with Crippen LogP contribution in [-0.2, 0) is 9.47 Å². The maximum Gasteiger partial charge on any atom is 0.177 e. The second-order valence-electron chi connectivity index (χ2n) is 4.38. The van der Waals surface area contributed by atoms with E-state index in [9.17, 15) is 0 Å². The van der Waals surface area contributed by atoms with Crippen molar-refractivity contribution in [2.45, 2.75) is 63.9 Å². The van der Waals surface area contributed by atoms with Crippen LogP contribution >= 0.6 is 0 Å². The van der Waals surface area contributed by atoms with Crippen LogP contribution in [0.5, 0.6) is 0 Å². The molecule has 0 aromatic heterocycles. The molecular weight excluding hydrogens is 176 g/mol. The van der Waals surface area contributed by atoms with Crippen LogP contribution < -0.4 is 0 Å². The Balaban J connectivity index is 1.78. The molecule has 0 aromatic rings. The zero-order valence-electron chi connectivity index (χ0n) is 8.95. The topological polar surface area (TPSA) is 18.5 Å². The van der Waals surface area contributed by atoms with E-state index in [2.05, 4.69) is 19.1 Å². The van der Waals surface area contributed by atoms with Crippen LogP contribution in [0.3, 0.4) is 0 Å². The number of hydrogen-bond donors (Lipinski definition) is 0. The Morgan fingerprint density at radius 3 is 2.71 bits per heavy atom. The molecule has 0 N–H and O–H groups in total. The van der Waals surface area contributed by atoms with E-state index in [1.165, 1.54) is 32.1 Å². The molecule has 0 bridgehead atoms. The molecule has 1 saturated carbocycles. The van der Waals surface area contributed by atoms with Crippen LogP contribution in [0.1, 0.15) is 45.4 Å². The Kier molecular flexibility index (Phi) is 3.60. The lowest BCUT2D eigenvalue weighted by atomic mass is 9.98. The third-order valence-electron chi connectivity index (χ3n) is 3.01. The van der Waals surface area contributed by atoms with E-state index in [1.54, 1.807) is 0 Å². The van der Waals surface area contributed by atoms with Crippen molar-refractivity contribution in [2.75, 3.05) is 0 Å². The largest absolute Gasteiger partial charge is 0.346 e. The maximum atomic E-state index is 5.89. The fourth-order valence-electron chi connectivity index (χ4n) is 2.18. The molecule has 0 saturated heterocycles. The zero-order chi connectivity index (χ0) is 9.80. The SMILES string of the molecule is C[C@@H]1CC=C[C@H](OC2CCCCC2)O1. The molecule has 1 heterocycles. The molecular formula is C12H20O2. The molecule has 0 unspecified atom stereocenters. The number of rotatable bonds is 2. The van der Waals surface area contributed by atoms with Gasteiger partial charge in [0.2, 0.25) is 0 Å². The van der Waals surface area contributed by atoms with Gasteiger partial charge in [-0.3, -0.25) is 0 Å². The smallest absolute Gasteiger partial charge is 0.177 e. The van der Waals surface area contributed by atoms with E-state index in [4.69, 9.17) is 9.47 Å². The van der Waals surface area contributed by atoms with Gasteiger partial charge >= 0.3 is 0 Å². The van der Waals surface area contributed by atoms with Crippen LogP contribution in [0.4, 0.5) is 0 Å². The summed E-state index contributed by atoms with van der Waals surface area (Å²) in [6.45, 7) is 2.10. The minimum atomic E-state index is -0.0816. The van der Waals surface area contributed by atoms with Gasteiger partial charge in [0, 0.05) is 0 Å². The zero-order valence-corrected chi connectivity index (χ0v) is 8.95. The van der Waals surface area contributed by atoms with Gasteiger partial charge < -0.3 is 9.47 Å². The summed E-state index contributed by atoms with van der Waals surface area (Å²) in [5.41, 5.74) is 0. The Bertz CT molecular complexity index is 194. The molecule has 2 aliphatic rings. The Morgan fingerprint density at radius 1 is 1.21 bits per heavy atom. The van der Waals surface area contributed by atoms with Gasteiger partial charge in [-0.1, -0.05) is 25.3 Å². The van der Waals surface area contributed by atoms with Gasteiger partial charge in [0.25, 0.3) is 0 Å². The van der Waals surface area contributed by atoms with E-state index in [0.717, 1.165) is 6.42 Å². The van der Waals surface area contributed by atoms with Gasteiger partial charge in [-0.2, -0.15) is 0 Å². The van der Waals surface area contributed by atoms with Gasteiger partial charge in [-0.15, -0.1) is 0 Å². The molecule has 2 rings (SSSR count). The van der Waals surface area contributed by atoms with Gasteiger partial charge in [-0.05, 0) is 32.3 Å². The molecule has 0 spiro atoms. The van der Waals surface area contributed by atoms with Crippen molar-refractivity contribution in [3.8, 4) is 0 Å². The van der Waals surface area contributed by atoms with Crippen LogP contribution in [0.25, 0.3) is 0 Å². The number of hydrogen-bond acceptors (Lipinski definition) is 2. The van der Waals surface area contributed by atoms with E-state index in [-0.39, 0.29) is 6.29 Å². The van der Waals surface area contributed by atoms with Crippen LogP contribution in [0.2, 0.25) is 0 Å². The third-order valence-corrected chi connectivity index (χ3v) is 3.01. The van der Waals surface area contributed by atoms with Gasteiger partial charge in [-0.25, -0.2) is 0 Å². The first-order valence-corrected chi connectivity index (χ1v) is 5.82. The van der Waals surface area contributed by atoms with Crippen molar-refractivity contribution < 1.29 is 9.47 Å². The molecule has 80 valence electrons. The van der Waals surface area contributed by atoms with Crippen LogP contribution in [0.15, 0.2) is 12.2 Å². The normalized spacial score (nSPS) is 34.6. The molecule has 14 heavy (non-hydrogen) atoms. The molecule has 1 aliphatic carbocycles. The molecule has 2 atom stereocenters. The predicted octanol–water partition coefficient (Wildman–Crippen LogP) is 3.03. The predicted molar refractivity (Wildman–Crippen MR) is 56.1 cm³/mol. The summed E-state index contributed by atoms with van der Waals surface area (Å²) >= 11 is 0.